The molecule has 1 aliphatic rings. The van der Waals surface area contributed by atoms with E-state index in [4.69, 9.17) is 19.1 Å². The average molecular weight is 520 g/mol. The van der Waals surface area contributed by atoms with Crippen molar-refractivity contribution in [3.63, 3.8) is 0 Å². The Hall–Kier alpha value is -3.52. The molecule has 3 aromatic rings. The van der Waals surface area contributed by atoms with Gasteiger partial charge in [0.15, 0.2) is 11.5 Å². The second-order valence-corrected chi connectivity index (χ2v) is 8.49. The summed E-state index contributed by atoms with van der Waals surface area (Å²) >= 11 is 0. The number of carbonyl (C=O) groups excluding carboxylic acids is 1. The van der Waals surface area contributed by atoms with E-state index in [1.54, 1.807) is 18.2 Å². The standard InChI is InChI=1S/C29H31F3N2O3/c1-33-28(35)27(20-7-5-4-6-8-20)34-16-15-21-17-25(36-2)26(37-3)18-23(21)24(34)14-11-19-9-12-22(13-10-19)29(30,31)32/h4-10,12-13,17-18,24,27H,11,14-16H2,1-3H3,(H,33,35)/t24-,27+/m0/s1/i1D3,15D2,16D2. The molecular weight excluding hydrogens is 481 g/mol. The van der Waals surface area contributed by atoms with Crippen LogP contribution in [0.4, 0.5) is 13.2 Å². The van der Waals surface area contributed by atoms with Gasteiger partial charge in [0.25, 0.3) is 0 Å². The van der Waals surface area contributed by atoms with Crippen molar-refractivity contribution in [3.05, 3.63) is 94.5 Å². The van der Waals surface area contributed by atoms with Crippen molar-refractivity contribution in [2.45, 2.75) is 37.5 Å². The zero-order valence-corrected chi connectivity index (χ0v) is 20.2. The van der Waals surface area contributed by atoms with E-state index in [0.29, 0.717) is 5.56 Å². The SMILES string of the molecule is [2H]C([2H])([2H])NC(=O)[C@@H](c1ccccc1)N1[C@@H](CCc2ccc(C(F)(F)F)cc2)c2cc(OC)c(OC)cc2C([2H])([2H])C1([2H])[2H]. The van der Waals surface area contributed by atoms with E-state index >= 15 is 0 Å². The van der Waals surface area contributed by atoms with Crippen molar-refractivity contribution in [1.82, 2.24) is 10.2 Å². The molecule has 196 valence electrons. The summed E-state index contributed by atoms with van der Waals surface area (Å²) in [6, 6.07) is 12.4. The molecule has 5 nitrogen and oxygen atoms in total. The molecule has 0 fully saturated rings. The first-order valence-electron chi connectivity index (χ1n) is 15.0. The van der Waals surface area contributed by atoms with Gasteiger partial charge >= 0.3 is 6.18 Å². The third-order valence-electron chi connectivity index (χ3n) is 6.32. The lowest BCUT2D eigenvalue weighted by Gasteiger charge is -2.42. The second kappa shape index (κ2) is 11.3. The number of nitrogens with one attached hydrogen (secondary N) is 1. The molecule has 3 aromatic carbocycles. The van der Waals surface area contributed by atoms with Gasteiger partial charge in [-0.2, -0.15) is 13.2 Å². The summed E-state index contributed by atoms with van der Waals surface area (Å²) < 4.78 is 109. The maximum atomic E-state index is 13.7. The van der Waals surface area contributed by atoms with Gasteiger partial charge in [-0.15, -0.1) is 0 Å². The zero-order chi connectivity index (χ0) is 32.7. The molecule has 0 saturated heterocycles. The fourth-order valence-corrected chi connectivity index (χ4v) is 4.48. The summed E-state index contributed by atoms with van der Waals surface area (Å²) in [6.45, 7) is -5.85. The van der Waals surface area contributed by atoms with E-state index in [1.165, 1.54) is 50.6 Å². The highest BCUT2D eigenvalue weighted by molar-refractivity contribution is 5.83. The normalized spacial score (nSPS) is 22.4. The van der Waals surface area contributed by atoms with Crippen LogP contribution < -0.4 is 14.8 Å². The lowest BCUT2D eigenvalue weighted by molar-refractivity contribution is -0.137. The van der Waals surface area contributed by atoms with E-state index in [1.807, 2.05) is 5.32 Å². The van der Waals surface area contributed by atoms with Crippen LogP contribution in [-0.4, -0.2) is 38.5 Å². The van der Waals surface area contributed by atoms with Gasteiger partial charge in [0.1, 0.15) is 6.04 Å². The molecule has 1 heterocycles. The third-order valence-corrected chi connectivity index (χ3v) is 6.32. The van der Waals surface area contributed by atoms with Crippen LogP contribution in [0.1, 0.15) is 55.9 Å². The quantitative estimate of drug-likeness (QED) is 0.412. The number of halogens is 3. The van der Waals surface area contributed by atoms with Crippen LogP contribution in [0.3, 0.4) is 0 Å². The van der Waals surface area contributed by atoms with Gasteiger partial charge in [0.2, 0.25) is 5.91 Å². The maximum absolute atomic E-state index is 13.7. The zero-order valence-electron chi connectivity index (χ0n) is 27.2. The molecule has 0 saturated carbocycles. The largest absolute Gasteiger partial charge is 0.493 e. The molecule has 0 aromatic heterocycles. The van der Waals surface area contributed by atoms with Gasteiger partial charge in [-0.3, -0.25) is 9.69 Å². The molecule has 0 aliphatic carbocycles. The summed E-state index contributed by atoms with van der Waals surface area (Å²) in [5.74, 6) is -0.743. The molecule has 1 N–H and O–H groups in total. The summed E-state index contributed by atoms with van der Waals surface area (Å²) in [6.07, 6.45) is -7.18. The molecule has 0 bridgehead atoms. The summed E-state index contributed by atoms with van der Waals surface area (Å²) in [4.78, 5) is 14.7. The van der Waals surface area contributed by atoms with Crippen LogP contribution >= 0.6 is 0 Å². The molecule has 4 rings (SSSR count). The molecule has 2 atom stereocenters. The number of hydrogen-bond acceptors (Lipinski definition) is 4. The number of amides is 1. The summed E-state index contributed by atoms with van der Waals surface area (Å²) in [7, 11) is 2.71. The first kappa shape index (κ1) is 18.7. The Bertz CT molecular complexity index is 1480. The van der Waals surface area contributed by atoms with Crippen molar-refractivity contribution in [2.24, 2.45) is 0 Å². The van der Waals surface area contributed by atoms with Crippen molar-refractivity contribution in [1.29, 1.82) is 0 Å². The minimum Gasteiger partial charge on any atom is -0.493 e. The highest BCUT2D eigenvalue weighted by Crippen LogP contribution is 2.43. The van der Waals surface area contributed by atoms with Crippen molar-refractivity contribution >= 4 is 5.91 Å². The monoisotopic (exact) mass is 519 g/mol. The van der Waals surface area contributed by atoms with Crippen molar-refractivity contribution < 1.29 is 37.0 Å². The lowest BCUT2D eigenvalue weighted by atomic mass is 9.86. The fraction of sp³-hybridized carbons (Fsp3) is 0.345. The van der Waals surface area contributed by atoms with Gasteiger partial charge in [-0.25, -0.2) is 0 Å². The molecule has 1 aliphatic heterocycles. The van der Waals surface area contributed by atoms with Crippen LogP contribution in [0, 0.1) is 0 Å². The predicted molar refractivity (Wildman–Crippen MR) is 136 cm³/mol. The Labute approximate surface area is 225 Å². The Balaban J connectivity index is 1.93. The molecule has 0 radical (unpaired) electrons. The van der Waals surface area contributed by atoms with Crippen LogP contribution in [0.25, 0.3) is 0 Å². The topological polar surface area (TPSA) is 50.8 Å². The molecule has 0 spiro atoms. The average Bonchev–Trinajstić information content (AvgIpc) is 2.94. The molecular formula is C29H31F3N2O3. The number of aryl methyl sites for hydroxylation is 2. The number of nitrogens with zero attached hydrogens (tertiary/aromatic N) is 1. The van der Waals surface area contributed by atoms with Crippen LogP contribution in [0.2, 0.25) is 0 Å². The van der Waals surface area contributed by atoms with Crippen LogP contribution in [0.5, 0.6) is 11.5 Å². The molecule has 0 unspecified atom stereocenters. The minimum atomic E-state index is -4.53. The van der Waals surface area contributed by atoms with Crippen LogP contribution in [0.15, 0.2) is 66.7 Å². The number of hydrogen-bond donors (Lipinski definition) is 1. The first-order chi connectivity index (χ1) is 20.4. The first-order valence-corrected chi connectivity index (χ1v) is 11.5. The van der Waals surface area contributed by atoms with Crippen molar-refractivity contribution in [3.8, 4) is 11.5 Å². The smallest absolute Gasteiger partial charge is 0.416 e. The highest BCUT2D eigenvalue weighted by atomic mass is 19.4. The van der Waals surface area contributed by atoms with Gasteiger partial charge in [-0.1, -0.05) is 42.5 Å². The van der Waals surface area contributed by atoms with E-state index < -0.39 is 49.6 Å². The number of ether oxygens (including phenoxy) is 2. The number of likely N-dealkylation sites (N-methyl/N-ethyl adjacent to an activating group) is 1. The van der Waals surface area contributed by atoms with E-state index in [0.717, 1.165) is 17.0 Å². The lowest BCUT2D eigenvalue weighted by Crippen LogP contribution is -2.44. The molecule has 1 amide bonds. The molecule has 8 heteroatoms. The number of carbonyl (C=O) groups is 1. The minimum absolute atomic E-state index is 0.00776. The summed E-state index contributed by atoms with van der Waals surface area (Å²) in [5, 5.41) is 1.94. The van der Waals surface area contributed by atoms with Gasteiger partial charge in [-0.05, 0) is 65.7 Å². The van der Waals surface area contributed by atoms with E-state index in [2.05, 4.69) is 0 Å². The number of methoxy groups -OCH3 is 2. The fourth-order valence-electron chi connectivity index (χ4n) is 4.48. The maximum Gasteiger partial charge on any atom is 0.416 e. The van der Waals surface area contributed by atoms with Crippen LogP contribution in [-0.2, 0) is 23.8 Å². The number of alkyl halides is 3. The third kappa shape index (κ3) is 5.74. The Kier molecular flexibility index (Phi) is 5.68. The summed E-state index contributed by atoms with van der Waals surface area (Å²) in [5.41, 5.74) is 0.0293. The number of fused-ring (bicyclic) bond motifs is 1. The molecule has 37 heavy (non-hydrogen) atoms. The van der Waals surface area contributed by atoms with E-state index in [9.17, 15) is 18.0 Å². The van der Waals surface area contributed by atoms with Crippen molar-refractivity contribution in [2.75, 3.05) is 27.7 Å². The Morgan fingerprint density at radius 2 is 1.78 bits per heavy atom. The van der Waals surface area contributed by atoms with E-state index in [-0.39, 0.29) is 41.0 Å². The number of benzene rings is 3. The van der Waals surface area contributed by atoms with Gasteiger partial charge < -0.3 is 14.8 Å². The van der Waals surface area contributed by atoms with Gasteiger partial charge in [0, 0.05) is 29.1 Å². The van der Waals surface area contributed by atoms with Gasteiger partial charge in [0.05, 0.1) is 19.8 Å². The highest BCUT2D eigenvalue weighted by Gasteiger charge is 2.37. The Morgan fingerprint density at radius 3 is 2.41 bits per heavy atom. The second-order valence-electron chi connectivity index (χ2n) is 8.49. The Morgan fingerprint density at radius 1 is 1.11 bits per heavy atom. The number of rotatable bonds is 8. The predicted octanol–water partition coefficient (Wildman–Crippen LogP) is 5.74.